The molecular weight excluding hydrogens is 272 g/mol. The maximum Gasteiger partial charge on any atom is 0.243 e. The highest BCUT2D eigenvalue weighted by molar-refractivity contribution is 5.91. The zero-order valence-corrected chi connectivity index (χ0v) is 13.6. The Labute approximate surface area is 134 Å². The van der Waals surface area contributed by atoms with Crippen molar-refractivity contribution >= 4 is 12.0 Å². The number of carbonyl (C=O) groups is 1. The van der Waals surface area contributed by atoms with Gasteiger partial charge in [0.1, 0.15) is 0 Å². The highest BCUT2D eigenvalue weighted by Gasteiger charge is 2.15. The van der Waals surface area contributed by atoms with Crippen LogP contribution in [0.15, 0.2) is 36.4 Å². The zero-order valence-electron chi connectivity index (χ0n) is 13.6. The minimum Gasteiger partial charge on any atom is -0.353 e. The van der Waals surface area contributed by atoms with Crippen LogP contribution in [0.25, 0.3) is 6.08 Å². The molecule has 1 heterocycles. The fraction of sp³-hybridized carbons (Fsp3) is 0.526. The van der Waals surface area contributed by atoms with E-state index < -0.39 is 0 Å². The molecule has 0 saturated carbocycles. The highest BCUT2D eigenvalue weighted by atomic mass is 16.1. The molecule has 1 aromatic rings. The molecule has 1 atom stereocenters. The van der Waals surface area contributed by atoms with Gasteiger partial charge < -0.3 is 10.2 Å². The van der Waals surface area contributed by atoms with Crippen LogP contribution in [0.4, 0.5) is 0 Å². The van der Waals surface area contributed by atoms with Crippen LogP contribution in [0.1, 0.15) is 38.2 Å². The average Bonchev–Trinajstić information content (AvgIpc) is 2.54. The smallest absolute Gasteiger partial charge is 0.243 e. The number of carbonyl (C=O) groups excluding carboxylic acids is 1. The number of piperidine rings is 1. The number of rotatable bonds is 7. The van der Waals surface area contributed by atoms with Crippen LogP contribution in [-0.2, 0) is 4.79 Å². The number of amides is 1. The van der Waals surface area contributed by atoms with E-state index in [1.807, 2.05) is 36.4 Å². The summed E-state index contributed by atoms with van der Waals surface area (Å²) in [5, 5.41) is 2.96. The summed E-state index contributed by atoms with van der Waals surface area (Å²) in [7, 11) is 0. The van der Waals surface area contributed by atoms with Gasteiger partial charge >= 0.3 is 0 Å². The Morgan fingerprint density at radius 1 is 1.32 bits per heavy atom. The largest absolute Gasteiger partial charge is 0.353 e. The Morgan fingerprint density at radius 2 is 2.14 bits per heavy atom. The molecule has 1 saturated heterocycles. The molecule has 1 aliphatic rings. The van der Waals surface area contributed by atoms with Crippen molar-refractivity contribution < 1.29 is 4.79 Å². The molecule has 3 heteroatoms. The van der Waals surface area contributed by atoms with E-state index in [1.54, 1.807) is 6.08 Å². The van der Waals surface area contributed by atoms with Crippen LogP contribution in [0.5, 0.6) is 0 Å². The van der Waals surface area contributed by atoms with Crippen LogP contribution < -0.4 is 5.32 Å². The van der Waals surface area contributed by atoms with Crippen LogP contribution in [0.3, 0.4) is 0 Å². The zero-order chi connectivity index (χ0) is 15.6. The van der Waals surface area contributed by atoms with Gasteiger partial charge in [-0.1, -0.05) is 37.3 Å². The van der Waals surface area contributed by atoms with Gasteiger partial charge in [0, 0.05) is 19.2 Å². The summed E-state index contributed by atoms with van der Waals surface area (Å²) < 4.78 is 0. The van der Waals surface area contributed by atoms with E-state index in [0.717, 1.165) is 30.9 Å². The molecule has 3 nitrogen and oxygen atoms in total. The van der Waals surface area contributed by atoms with E-state index in [9.17, 15) is 4.79 Å². The predicted molar refractivity (Wildman–Crippen MR) is 92.6 cm³/mol. The van der Waals surface area contributed by atoms with Gasteiger partial charge in [0.15, 0.2) is 0 Å². The molecule has 1 unspecified atom stereocenters. The van der Waals surface area contributed by atoms with E-state index in [1.165, 1.54) is 32.5 Å². The SMILES string of the molecule is CC1CCCN(CCCCNC(=O)/C=C/c2ccccc2)C1. The van der Waals surface area contributed by atoms with Crippen molar-refractivity contribution in [1.82, 2.24) is 10.2 Å². The first-order valence-corrected chi connectivity index (χ1v) is 8.47. The second-order valence-electron chi connectivity index (χ2n) is 6.29. The topological polar surface area (TPSA) is 32.3 Å². The summed E-state index contributed by atoms with van der Waals surface area (Å²) in [6.45, 7) is 6.76. The molecule has 1 aromatic carbocycles. The molecule has 120 valence electrons. The molecule has 1 N–H and O–H groups in total. The van der Waals surface area contributed by atoms with Crippen molar-refractivity contribution in [1.29, 1.82) is 0 Å². The Hall–Kier alpha value is -1.61. The summed E-state index contributed by atoms with van der Waals surface area (Å²) in [4.78, 5) is 14.3. The number of nitrogens with zero attached hydrogens (tertiary/aromatic N) is 1. The van der Waals surface area contributed by atoms with E-state index in [0.29, 0.717) is 0 Å². The van der Waals surface area contributed by atoms with Gasteiger partial charge in [-0.15, -0.1) is 0 Å². The van der Waals surface area contributed by atoms with E-state index >= 15 is 0 Å². The maximum absolute atomic E-state index is 11.7. The second kappa shape index (κ2) is 9.42. The van der Waals surface area contributed by atoms with Crippen LogP contribution in [-0.4, -0.2) is 37.0 Å². The first-order chi connectivity index (χ1) is 10.7. The molecule has 0 radical (unpaired) electrons. The molecule has 0 bridgehead atoms. The lowest BCUT2D eigenvalue weighted by Crippen LogP contribution is -2.35. The number of hydrogen-bond donors (Lipinski definition) is 1. The molecule has 1 aliphatic heterocycles. The van der Waals surface area contributed by atoms with Gasteiger partial charge in [-0.3, -0.25) is 4.79 Å². The first kappa shape index (κ1) is 16.8. The number of unbranched alkanes of at least 4 members (excludes halogenated alkanes) is 1. The summed E-state index contributed by atoms with van der Waals surface area (Å²) >= 11 is 0. The lowest BCUT2D eigenvalue weighted by molar-refractivity contribution is -0.116. The summed E-state index contributed by atoms with van der Waals surface area (Å²) in [6, 6.07) is 9.89. The van der Waals surface area contributed by atoms with Gasteiger partial charge in [-0.2, -0.15) is 0 Å². The Bertz CT molecular complexity index is 470. The fourth-order valence-electron chi connectivity index (χ4n) is 2.96. The highest BCUT2D eigenvalue weighted by Crippen LogP contribution is 2.15. The normalized spacial score (nSPS) is 19.4. The number of nitrogens with one attached hydrogen (secondary N) is 1. The van der Waals surface area contributed by atoms with Crippen molar-refractivity contribution in [2.45, 2.75) is 32.6 Å². The second-order valence-corrected chi connectivity index (χ2v) is 6.29. The van der Waals surface area contributed by atoms with Gasteiger partial charge in [-0.25, -0.2) is 0 Å². The van der Waals surface area contributed by atoms with Gasteiger partial charge in [0.2, 0.25) is 5.91 Å². The summed E-state index contributed by atoms with van der Waals surface area (Å²) in [6.07, 6.45) is 8.39. The van der Waals surface area contributed by atoms with Crippen LogP contribution >= 0.6 is 0 Å². The van der Waals surface area contributed by atoms with E-state index in [-0.39, 0.29) is 5.91 Å². The first-order valence-electron chi connectivity index (χ1n) is 8.47. The van der Waals surface area contributed by atoms with Crippen molar-refractivity contribution in [2.75, 3.05) is 26.2 Å². The molecule has 0 aliphatic carbocycles. The molecule has 1 amide bonds. The van der Waals surface area contributed by atoms with Crippen molar-refractivity contribution in [3.05, 3.63) is 42.0 Å². The van der Waals surface area contributed by atoms with Gasteiger partial charge in [0.05, 0.1) is 0 Å². The van der Waals surface area contributed by atoms with Crippen molar-refractivity contribution in [3.63, 3.8) is 0 Å². The Balaban J connectivity index is 1.54. The van der Waals surface area contributed by atoms with Gasteiger partial charge in [0.25, 0.3) is 0 Å². The van der Waals surface area contributed by atoms with Gasteiger partial charge in [-0.05, 0) is 56.3 Å². The molecule has 0 aromatic heterocycles. The number of hydrogen-bond acceptors (Lipinski definition) is 2. The third kappa shape index (κ3) is 6.44. The van der Waals surface area contributed by atoms with Crippen molar-refractivity contribution in [3.8, 4) is 0 Å². The molecule has 0 spiro atoms. The molecular formula is C19H28N2O. The quantitative estimate of drug-likeness (QED) is 0.619. The number of likely N-dealkylation sites (tertiary alicyclic amines) is 1. The fourth-order valence-corrected chi connectivity index (χ4v) is 2.96. The predicted octanol–water partition coefficient (Wildman–Crippen LogP) is 3.33. The van der Waals surface area contributed by atoms with E-state index in [2.05, 4.69) is 17.1 Å². The molecule has 22 heavy (non-hydrogen) atoms. The monoisotopic (exact) mass is 300 g/mol. The Morgan fingerprint density at radius 3 is 2.91 bits per heavy atom. The third-order valence-corrected chi connectivity index (χ3v) is 4.17. The third-order valence-electron chi connectivity index (χ3n) is 4.17. The molecule has 1 fully saturated rings. The minimum atomic E-state index is -0.00422. The maximum atomic E-state index is 11.7. The lowest BCUT2D eigenvalue weighted by atomic mass is 10.0. The summed E-state index contributed by atoms with van der Waals surface area (Å²) in [5.41, 5.74) is 1.05. The van der Waals surface area contributed by atoms with E-state index in [4.69, 9.17) is 0 Å². The lowest BCUT2D eigenvalue weighted by Gasteiger charge is -2.30. The molecule has 2 rings (SSSR count). The average molecular weight is 300 g/mol. The standard InChI is InChI=1S/C19H28N2O/c1-17-8-7-15-21(16-17)14-6-5-13-20-19(22)12-11-18-9-3-2-4-10-18/h2-4,9-12,17H,5-8,13-16H2,1H3,(H,20,22)/b12-11+. The van der Waals surface area contributed by atoms with Crippen LogP contribution in [0, 0.1) is 5.92 Å². The minimum absolute atomic E-state index is 0.00422. The van der Waals surface area contributed by atoms with Crippen LogP contribution in [0.2, 0.25) is 0 Å². The summed E-state index contributed by atoms with van der Waals surface area (Å²) in [5.74, 6) is 0.840. The Kier molecular flexibility index (Phi) is 7.17. The number of benzene rings is 1. The van der Waals surface area contributed by atoms with Crippen molar-refractivity contribution in [2.24, 2.45) is 5.92 Å².